The Labute approximate surface area is 84.0 Å². The molecule has 0 fully saturated rings. The highest BCUT2D eigenvalue weighted by Crippen LogP contribution is 2.01. The van der Waals surface area contributed by atoms with Crippen LogP contribution in [0.4, 0.5) is 0 Å². The molecule has 0 spiro atoms. The number of hydrogen-bond acceptors (Lipinski definition) is 3. The maximum atomic E-state index is 11.1. The Morgan fingerprint density at radius 3 is 2.71 bits per heavy atom. The molecule has 0 saturated heterocycles. The van der Waals surface area contributed by atoms with Crippen molar-refractivity contribution < 1.29 is 4.79 Å². The van der Waals surface area contributed by atoms with Gasteiger partial charge in [0.2, 0.25) is 5.91 Å². The fraction of sp³-hybridized carbons (Fsp3) is 0.500. The number of hydrogen-bond donors (Lipinski definition) is 0. The molecule has 1 aromatic rings. The first-order valence-corrected chi connectivity index (χ1v) is 4.66. The number of carbonyl (C=O) groups is 1. The predicted molar refractivity (Wildman–Crippen MR) is 53.5 cm³/mol. The first-order valence-electron chi connectivity index (χ1n) is 4.66. The average Bonchev–Trinajstić information content (AvgIpc) is 2.14. The van der Waals surface area contributed by atoms with Gasteiger partial charge in [-0.05, 0) is 13.8 Å². The summed E-state index contributed by atoms with van der Waals surface area (Å²) in [6.07, 6.45) is 3.39. The lowest BCUT2D eigenvalue weighted by molar-refractivity contribution is -0.129. The molecule has 0 saturated carbocycles. The summed E-state index contributed by atoms with van der Waals surface area (Å²) in [7, 11) is 0. The van der Waals surface area contributed by atoms with E-state index in [9.17, 15) is 4.79 Å². The minimum absolute atomic E-state index is 0.0656. The van der Waals surface area contributed by atoms with Crippen LogP contribution in [-0.2, 0) is 11.3 Å². The molecular weight excluding hydrogens is 178 g/mol. The van der Waals surface area contributed by atoms with E-state index in [-0.39, 0.29) is 5.91 Å². The van der Waals surface area contributed by atoms with Crippen molar-refractivity contribution in [3.05, 3.63) is 23.8 Å². The van der Waals surface area contributed by atoms with Crippen molar-refractivity contribution in [1.82, 2.24) is 14.9 Å². The largest absolute Gasteiger partial charge is 0.337 e. The van der Waals surface area contributed by atoms with E-state index in [1.807, 2.05) is 13.8 Å². The number of rotatable bonds is 3. The van der Waals surface area contributed by atoms with Crippen LogP contribution in [0.15, 0.2) is 12.4 Å². The maximum absolute atomic E-state index is 11.1. The Kier molecular flexibility index (Phi) is 3.56. The topological polar surface area (TPSA) is 46.1 Å². The van der Waals surface area contributed by atoms with Crippen molar-refractivity contribution >= 4 is 5.91 Å². The lowest BCUT2D eigenvalue weighted by Crippen LogP contribution is -2.28. The molecule has 1 amide bonds. The van der Waals surface area contributed by atoms with Crippen molar-refractivity contribution in [2.45, 2.75) is 27.3 Å². The molecule has 1 heterocycles. The molecule has 1 aromatic heterocycles. The third-order valence-electron chi connectivity index (χ3n) is 1.98. The van der Waals surface area contributed by atoms with Crippen molar-refractivity contribution in [1.29, 1.82) is 0 Å². The molecule has 0 atom stereocenters. The third kappa shape index (κ3) is 2.80. The van der Waals surface area contributed by atoms with Crippen LogP contribution in [0.2, 0.25) is 0 Å². The standard InChI is InChI=1S/C10H15N3O/c1-4-13(9(3)14)7-10-6-11-5-8(2)12-10/h5-6H,4,7H2,1-3H3. The normalized spacial score (nSPS) is 9.93. The average molecular weight is 193 g/mol. The van der Waals surface area contributed by atoms with E-state index in [4.69, 9.17) is 0 Å². The summed E-state index contributed by atoms with van der Waals surface area (Å²) in [5.41, 5.74) is 1.71. The first-order chi connectivity index (χ1) is 6.63. The zero-order valence-electron chi connectivity index (χ0n) is 8.82. The number of aryl methyl sites for hydroxylation is 1. The maximum Gasteiger partial charge on any atom is 0.219 e. The smallest absolute Gasteiger partial charge is 0.219 e. The molecule has 4 nitrogen and oxygen atoms in total. The summed E-state index contributed by atoms with van der Waals surface area (Å²) in [4.78, 5) is 21.2. The summed E-state index contributed by atoms with van der Waals surface area (Å²) >= 11 is 0. The molecule has 0 aliphatic heterocycles. The van der Waals surface area contributed by atoms with Crippen LogP contribution in [0.1, 0.15) is 25.2 Å². The van der Waals surface area contributed by atoms with Gasteiger partial charge in [0.25, 0.3) is 0 Å². The lowest BCUT2D eigenvalue weighted by atomic mass is 10.3. The summed E-state index contributed by atoms with van der Waals surface area (Å²) in [5, 5.41) is 0. The summed E-state index contributed by atoms with van der Waals surface area (Å²) in [6, 6.07) is 0. The van der Waals surface area contributed by atoms with E-state index in [0.717, 1.165) is 11.4 Å². The third-order valence-corrected chi connectivity index (χ3v) is 1.98. The second-order valence-corrected chi connectivity index (χ2v) is 3.18. The fourth-order valence-electron chi connectivity index (χ4n) is 1.23. The van der Waals surface area contributed by atoms with E-state index in [2.05, 4.69) is 9.97 Å². The zero-order valence-corrected chi connectivity index (χ0v) is 8.82. The Bertz CT molecular complexity index is 325. The Morgan fingerprint density at radius 1 is 1.50 bits per heavy atom. The molecule has 0 unspecified atom stereocenters. The van der Waals surface area contributed by atoms with Crippen LogP contribution in [0.5, 0.6) is 0 Å². The Balaban J connectivity index is 2.72. The second-order valence-electron chi connectivity index (χ2n) is 3.18. The molecule has 4 heteroatoms. The first kappa shape index (κ1) is 10.6. The number of carbonyl (C=O) groups excluding carboxylic acids is 1. The number of aromatic nitrogens is 2. The van der Waals surface area contributed by atoms with Gasteiger partial charge in [-0.25, -0.2) is 0 Å². The van der Waals surface area contributed by atoms with Gasteiger partial charge >= 0.3 is 0 Å². The molecule has 76 valence electrons. The fourth-order valence-corrected chi connectivity index (χ4v) is 1.23. The number of nitrogens with zero attached hydrogens (tertiary/aromatic N) is 3. The molecule has 14 heavy (non-hydrogen) atoms. The molecule has 0 bridgehead atoms. The van der Waals surface area contributed by atoms with Gasteiger partial charge in [0.05, 0.1) is 24.1 Å². The van der Waals surface area contributed by atoms with E-state index >= 15 is 0 Å². The van der Waals surface area contributed by atoms with Gasteiger partial charge in [0, 0.05) is 19.7 Å². The van der Waals surface area contributed by atoms with Crippen LogP contribution in [0.25, 0.3) is 0 Å². The second kappa shape index (κ2) is 4.69. The van der Waals surface area contributed by atoms with Crippen LogP contribution in [-0.4, -0.2) is 27.3 Å². The van der Waals surface area contributed by atoms with Gasteiger partial charge in [-0.3, -0.25) is 14.8 Å². The minimum Gasteiger partial charge on any atom is -0.337 e. The van der Waals surface area contributed by atoms with Crippen molar-refractivity contribution in [3.63, 3.8) is 0 Å². The molecule has 1 rings (SSSR count). The van der Waals surface area contributed by atoms with Gasteiger partial charge in [0.15, 0.2) is 0 Å². The molecule has 0 radical (unpaired) electrons. The van der Waals surface area contributed by atoms with Crippen LogP contribution >= 0.6 is 0 Å². The van der Waals surface area contributed by atoms with Gasteiger partial charge in [-0.1, -0.05) is 0 Å². The summed E-state index contributed by atoms with van der Waals surface area (Å²) < 4.78 is 0. The molecule has 0 N–H and O–H groups in total. The molecular formula is C10H15N3O. The highest BCUT2D eigenvalue weighted by atomic mass is 16.2. The molecule has 0 aliphatic carbocycles. The van der Waals surface area contributed by atoms with Crippen molar-refractivity contribution in [2.75, 3.05) is 6.54 Å². The molecule has 0 aromatic carbocycles. The van der Waals surface area contributed by atoms with Gasteiger partial charge in [-0.15, -0.1) is 0 Å². The van der Waals surface area contributed by atoms with Gasteiger partial charge in [0.1, 0.15) is 0 Å². The Hall–Kier alpha value is -1.45. The highest BCUT2D eigenvalue weighted by molar-refractivity contribution is 5.73. The summed E-state index contributed by atoms with van der Waals surface area (Å²) in [6.45, 7) is 6.64. The quantitative estimate of drug-likeness (QED) is 0.723. The lowest BCUT2D eigenvalue weighted by Gasteiger charge is -2.17. The summed E-state index contributed by atoms with van der Waals surface area (Å²) in [5.74, 6) is 0.0656. The predicted octanol–water partition coefficient (Wildman–Crippen LogP) is 1.15. The van der Waals surface area contributed by atoms with Crippen LogP contribution in [0.3, 0.4) is 0 Å². The van der Waals surface area contributed by atoms with E-state index in [0.29, 0.717) is 13.1 Å². The highest BCUT2D eigenvalue weighted by Gasteiger charge is 2.07. The van der Waals surface area contributed by atoms with Crippen molar-refractivity contribution in [2.24, 2.45) is 0 Å². The zero-order chi connectivity index (χ0) is 10.6. The van der Waals surface area contributed by atoms with Gasteiger partial charge in [-0.2, -0.15) is 0 Å². The SMILES string of the molecule is CCN(Cc1cncc(C)n1)C(C)=O. The van der Waals surface area contributed by atoms with Gasteiger partial charge < -0.3 is 4.90 Å². The Morgan fingerprint density at radius 2 is 2.21 bits per heavy atom. The monoisotopic (exact) mass is 193 g/mol. The van der Waals surface area contributed by atoms with E-state index < -0.39 is 0 Å². The molecule has 0 aliphatic rings. The van der Waals surface area contributed by atoms with Crippen LogP contribution in [0, 0.1) is 6.92 Å². The van der Waals surface area contributed by atoms with Crippen LogP contribution < -0.4 is 0 Å². The van der Waals surface area contributed by atoms with Crippen molar-refractivity contribution in [3.8, 4) is 0 Å². The van der Waals surface area contributed by atoms with E-state index in [1.165, 1.54) is 0 Å². The number of amides is 1. The van der Waals surface area contributed by atoms with E-state index in [1.54, 1.807) is 24.2 Å². The minimum atomic E-state index is 0.0656.